The third kappa shape index (κ3) is 5.14. The summed E-state index contributed by atoms with van der Waals surface area (Å²) in [5.74, 6) is 2.01. The third-order valence-corrected chi connectivity index (χ3v) is 11.8. The van der Waals surface area contributed by atoms with Crippen molar-refractivity contribution in [2.24, 2.45) is 0 Å². The van der Waals surface area contributed by atoms with Crippen LogP contribution in [-0.4, -0.2) is 19.5 Å². The summed E-state index contributed by atoms with van der Waals surface area (Å²) in [6, 6.07) is 66.5. The van der Waals surface area contributed by atoms with Crippen LogP contribution < -0.4 is 0 Å². The second-order valence-corrected chi connectivity index (χ2v) is 15.1. The molecule has 11 aromatic rings. The van der Waals surface area contributed by atoms with Crippen molar-refractivity contribution in [3.63, 3.8) is 0 Å². The Balaban J connectivity index is 1.02. The van der Waals surface area contributed by atoms with E-state index in [0.717, 1.165) is 50.7 Å². The van der Waals surface area contributed by atoms with Crippen LogP contribution in [0, 0.1) is 0 Å². The highest BCUT2D eigenvalue weighted by atomic mass is 16.3. The molecule has 1 aliphatic rings. The van der Waals surface area contributed by atoms with Gasteiger partial charge in [-0.1, -0.05) is 140 Å². The Bertz CT molecular complexity index is 3380. The van der Waals surface area contributed by atoms with Gasteiger partial charge in [0.25, 0.3) is 0 Å². The second kappa shape index (κ2) is 13.0. The first-order chi connectivity index (χ1) is 28.7. The molecule has 3 heterocycles. The lowest BCUT2D eigenvalue weighted by Gasteiger charge is -2.29. The summed E-state index contributed by atoms with van der Waals surface area (Å²) in [4.78, 5) is 15.5. The zero-order valence-corrected chi connectivity index (χ0v) is 31.4. The fraction of sp³-hybridized carbons (Fsp3) is 0.0377. The molecule has 58 heavy (non-hydrogen) atoms. The Morgan fingerprint density at radius 2 is 1.10 bits per heavy atom. The molecule has 0 aliphatic heterocycles. The van der Waals surface area contributed by atoms with Crippen LogP contribution in [0.3, 0.4) is 0 Å². The van der Waals surface area contributed by atoms with Crippen LogP contribution in [0.2, 0.25) is 0 Å². The van der Waals surface area contributed by atoms with Crippen molar-refractivity contribution in [3.8, 4) is 51.0 Å². The van der Waals surface area contributed by atoms with E-state index < -0.39 is 0 Å². The molecule has 12 rings (SSSR count). The highest BCUT2D eigenvalue weighted by Gasteiger charge is 2.28. The molecular formula is C53H34N4O. The summed E-state index contributed by atoms with van der Waals surface area (Å²) in [5.41, 5.74) is 14.5. The topological polar surface area (TPSA) is 56.7 Å². The lowest BCUT2D eigenvalue weighted by atomic mass is 9.75. The van der Waals surface area contributed by atoms with Crippen molar-refractivity contribution in [1.29, 1.82) is 0 Å². The fourth-order valence-corrected chi connectivity index (χ4v) is 9.20. The summed E-state index contributed by atoms with van der Waals surface area (Å²) in [6.07, 6.45) is 0.870. The molecule has 0 saturated carbocycles. The maximum atomic E-state index is 6.28. The fourth-order valence-electron chi connectivity index (χ4n) is 9.20. The molecule has 0 saturated heterocycles. The lowest BCUT2D eigenvalue weighted by Crippen LogP contribution is -2.13. The largest absolute Gasteiger partial charge is 0.456 e. The standard InChI is InChI=1S/C53H34N4O/c1-3-15-33(16-4-1)51-54-52(56-53(55-51)42-25-14-28-49-50(42)41-24-10-12-27-48(41)58-49)35-18-13-17-34(29-35)43-30-36-31-47-45(32-44(36)39-22-8-7-21-38(39)43)40-23-9-11-26-46(40)57(47)37-19-5-2-6-20-37/h1-29,31-32,43H,30H2. The maximum absolute atomic E-state index is 6.28. The number of fused-ring (bicyclic) bond motifs is 9. The molecule has 5 heteroatoms. The Morgan fingerprint density at radius 1 is 0.448 bits per heavy atom. The van der Waals surface area contributed by atoms with E-state index in [1.165, 1.54) is 49.6 Å². The smallest absolute Gasteiger partial charge is 0.164 e. The number of furan rings is 1. The van der Waals surface area contributed by atoms with E-state index >= 15 is 0 Å². The second-order valence-electron chi connectivity index (χ2n) is 15.1. The van der Waals surface area contributed by atoms with E-state index in [1.54, 1.807) is 0 Å². The molecule has 1 unspecified atom stereocenters. The number of hydrogen-bond donors (Lipinski definition) is 0. The minimum absolute atomic E-state index is 0.136. The van der Waals surface area contributed by atoms with Crippen LogP contribution >= 0.6 is 0 Å². The SMILES string of the molecule is c1ccc(-c2nc(-c3cccc(C4Cc5cc6c(cc5-c5ccccc54)c4ccccc4n6-c4ccccc4)c3)nc(-c3cccc4oc5ccccc5c34)n2)cc1. The van der Waals surface area contributed by atoms with E-state index in [-0.39, 0.29) is 5.92 Å². The third-order valence-electron chi connectivity index (χ3n) is 11.8. The van der Waals surface area contributed by atoms with Crippen molar-refractivity contribution in [1.82, 2.24) is 19.5 Å². The van der Waals surface area contributed by atoms with Gasteiger partial charge in [0, 0.05) is 49.8 Å². The average Bonchev–Trinajstić information content (AvgIpc) is 3.84. The van der Waals surface area contributed by atoms with Crippen molar-refractivity contribution < 1.29 is 4.42 Å². The van der Waals surface area contributed by atoms with Gasteiger partial charge in [-0.3, -0.25) is 0 Å². The molecule has 3 aromatic heterocycles. The highest BCUT2D eigenvalue weighted by molar-refractivity contribution is 6.12. The molecule has 0 amide bonds. The van der Waals surface area contributed by atoms with Crippen molar-refractivity contribution in [2.45, 2.75) is 12.3 Å². The predicted molar refractivity (Wildman–Crippen MR) is 235 cm³/mol. The first-order valence-electron chi connectivity index (χ1n) is 19.8. The summed E-state index contributed by atoms with van der Waals surface area (Å²) in [6.45, 7) is 0. The van der Waals surface area contributed by atoms with Crippen molar-refractivity contribution in [3.05, 3.63) is 205 Å². The van der Waals surface area contributed by atoms with Crippen LogP contribution in [0.1, 0.15) is 22.6 Å². The van der Waals surface area contributed by atoms with Crippen LogP contribution in [0.15, 0.2) is 192 Å². The van der Waals surface area contributed by atoms with Gasteiger partial charge in [0.05, 0.1) is 11.0 Å². The molecular weight excluding hydrogens is 709 g/mol. The molecule has 0 spiro atoms. The monoisotopic (exact) mass is 742 g/mol. The summed E-state index contributed by atoms with van der Waals surface area (Å²) < 4.78 is 8.69. The Morgan fingerprint density at radius 3 is 1.98 bits per heavy atom. The number of benzene rings is 8. The molecule has 1 atom stereocenters. The summed E-state index contributed by atoms with van der Waals surface area (Å²) in [5, 5.41) is 4.57. The van der Waals surface area contributed by atoms with Crippen LogP contribution in [0.4, 0.5) is 0 Å². The Labute approximate surface area is 334 Å². The molecule has 1 aliphatic carbocycles. The number of nitrogens with zero attached hydrogens (tertiary/aromatic N) is 4. The molecule has 0 radical (unpaired) electrons. The minimum atomic E-state index is 0.136. The van der Waals surface area contributed by atoms with E-state index in [1.807, 2.05) is 48.5 Å². The molecule has 0 bridgehead atoms. The molecule has 0 N–H and O–H groups in total. The van der Waals surface area contributed by atoms with E-state index in [4.69, 9.17) is 19.4 Å². The Kier molecular flexibility index (Phi) is 7.29. The van der Waals surface area contributed by atoms with Gasteiger partial charge in [0.1, 0.15) is 11.2 Å². The predicted octanol–water partition coefficient (Wildman–Crippen LogP) is 13.2. The number of aromatic nitrogens is 4. The molecule has 272 valence electrons. The molecule has 5 nitrogen and oxygen atoms in total. The van der Waals surface area contributed by atoms with Gasteiger partial charge in [0.15, 0.2) is 17.5 Å². The first-order valence-corrected chi connectivity index (χ1v) is 19.8. The first kappa shape index (κ1) is 32.6. The number of rotatable bonds is 5. The molecule has 8 aromatic carbocycles. The number of hydrogen-bond acceptors (Lipinski definition) is 4. The minimum Gasteiger partial charge on any atom is -0.456 e. The van der Waals surface area contributed by atoms with Gasteiger partial charge in [0.2, 0.25) is 0 Å². The lowest BCUT2D eigenvalue weighted by molar-refractivity contribution is 0.669. The van der Waals surface area contributed by atoms with Gasteiger partial charge >= 0.3 is 0 Å². The van der Waals surface area contributed by atoms with Crippen molar-refractivity contribution >= 4 is 43.7 Å². The summed E-state index contributed by atoms with van der Waals surface area (Å²) >= 11 is 0. The van der Waals surface area contributed by atoms with Gasteiger partial charge in [-0.05, 0) is 82.8 Å². The zero-order valence-electron chi connectivity index (χ0n) is 31.4. The number of para-hydroxylation sites is 3. The van der Waals surface area contributed by atoms with Gasteiger partial charge < -0.3 is 8.98 Å². The van der Waals surface area contributed by atoms with E-state index in [2.05, 4.69) is 144 Å². The highest BCUT2D eigenvalue weighted by Crippen LogP contribution is 2.46. The maximum Gasteiger partial charge on any atom is 0.164 e. The van der Waals surface area contributed by atoms with Crippen LogP contribution in [0.25, 0.3) is 94.7 Å². The summed E-state index contributed by atoms with van der Waals surface area (Å²) in [7, 11) is 0. The normalized spacial score (nSPS) is 13.6. The quantitative estimate of drug-likeness (QED) is 0.176. The van der Waals surface area contributed by atoms with E-state index in [0.29, 0.717) is 17.5 Å². The average molecular weight is 743 g/mol. The van der Waals surface area contributed by atoms with E-state index in [9.17, 15) is 0 Å². The van der Waals surface area contributed by atoms with Crippen molar-refractivity contribution in [2.75, 3.05) is 0 Å². The van der Waals surface area contributed by atoms with Gasteiger partial charge in [-0.15, -0.1) is 0 Å². The van der Waals surface area contributed by atoms with Crippen LogP contribution in [0.5, 0.6) is 0 Å². The van der Waals surface area contributed by atoms with Gasteiger partial charge in [-0.25, -0.2) is 15.0 Å². The zero-order chi connectivity index (χ0) is 38.2. The van der Waals surface area contributed by atoms with Gasteiger partial charge in [-0.2, -0.15) is 0 Å². The Hall–Kier alpha value is -7.63. The molecule has 0 fully saturated rings. The van der Waals surface area contributed by atoms with Crippen LogP contribution in [-0.2, 0) is 6.42 Å².